The van der Waals surface area contributed by atoms with E-state index in [1.54, 1.807) is 0 Å². The highest BCUT2D eigenvalue weighted by atomic mass is 16.7. The second-order valence-corrected chi connectivity index (χ2v) is 4.92. The molecule has 2 aliphatic rings. The molecule has 5 N–H and O–H groups in total. The Morgan fingerprint density at radius 1 is 1.28 bits per heavy atom. The van der Waals surface area contributed by atoms with Crippen LogP contribution in [0.3, 0.4) is 0 Å². The fraction of sp³-hybridized carbons (Fsp3) is 1.00. The van der Waals surface area contributed by atoms with E-state index in [-0.39, 0.29) is 31.5 Å². The minimum absolute atomic E-state index is 0.188. The van der Waals surface area contributed by atoms with Crippen molar-refractivity contribution in [1.29, 1.82) is 0 Å². The topological polar surface area (TPSA) is 111 Å². The molecule has 18 heavy (non-hydrogen) atoms. The highest BCUT2D eigenvalue weighted by Gasteiger charge is 2.47. The van der Waals surface area contributed by atoms with Gasteiger partial charge in [-0.15, -0.1) is 0 Å². The van der Waals surface area contributed by atoms with Crippen molar-refractivity contribution < 1.29 is 29.9 Å². The van der Waals surface area contributed by atoms with Crippen molar-refractivity contribution in [1.82, 2.24) is 5.32 Å². The lowest BCUT2D eigenvalue weighted by atomic mass is 9.85. The molecule has 0 radical (unpaired) electrons. The number of fused-ring (bicyclic) bond motifs is 1. The summed E-state index contributed by atoms with van der Waals surface area (Å²) >= 11 is 0. The van der Waals surface area contributed by atoms with Crippen LogP contribution in [0.1, 0.15) is 6.42 Å². The third-order valence-corrected chi connectivity index (χ3v) is 3.80. The van der Waals surface area contributed by atoms with Gasteiger partial charge in [0.1, 0.15) is 6.10 Å². The second kappa shape index (κ2) is 5.79. The van der Waals surface area contributed by atoms with Crippen molar-refractivity contribution in [2.24, 2.45) is 5.92 Å². The molecule has 0 unspecified atom stereocenters. The van der Waals surface area contributed by atoms with E-state index in [2.05, 4.69) is 5.32 Å². The molecule has 0 aromatic heterocycles. The number of methoxy groups -OCH3 is 1. The molecule has 0 aromatic carbocycles. The van der Waals surface area contributed by atoms with Crippen LogP contribution in [0.15, 0.2) is 0 Å². The zero-order valence-electron chi connectivity index (χ0n) is 10.3. The number of β-amino-alcohol motifs (C(OH)–C–C–N with tert-alkyl or cyclic N) is 1. The summed E-state index contributed by atoms with van der Waals surface area (Å²) in [5.74, 6) is -0.278. The monoisotopic (exact) mass is 263 g/mol. The number of rotatable bonds is 2. The van der Waals surface area contributed by atoms with E-state index in [1.807, 2.05) is 0 Å². The number of hydrogen-bond donors (Lipinski definition) is 5. The van der Waals surface area contributed by atoms with E-state index in [0.717, 1.165) is 0 Å². The predicted molar refractivity (Wildman–Crippen MR) is 60.7 cm³/mol. The Labute approximate surface area is 105 Å². The summed E-state index contributed by atoms with van der Waals surface area (Å²) in [7, 11) is 1.47. The Hall–Kier alpha value is -0.280. The van der Waals surface area contributed by atoms with Crippen LogP contribution >= 0.6 is 0 Å². The molecule has 2 aliphatic heterocycles. The Balaban J connectivity index is 2.18. The molecule has 0 spiro atoms. The fourth-order valence-corrected chi connectivity index (χ4v) is 2.75. The standard InChI is InChI=1S/C11H21NO6/c1-17-11-5-2-6(14)7(15)3-12-9(5)10(16)8(4-13)18-11/h5-16H,2-4H2,1H3/t5-,6-,7+,8-,9-,10+,11-/m1/s1. The van der Waals surface area contributed by atoms with E-state index in [4.69, 9.17) is 9.47 Å². The van der Waals surface area contributed by atoms with Crippen LogP contribution in [0, 0.1) is 5.92 Å². The second-order valence-electron chi connectivity index (χ2n) is 4.92. The van der Waals surface area contributed by atoms with Crippen LogP contribution in [0.2, 0.25) is 0 Å². The van der Waals surface area contributed by atoms with E-state index < -0.39 is 30.7 Å². The Bertz CT molecular complexity index is 278. The minimum Gasteiger partial charge on any atom is -0.394 e. The third-order valence-electron chi connectivity index (χ3n) is 3.80. The SMILES string of the molecule is CO[C@@H]1O[C@H](CO)[C@H](O)[C@@H]2NC[C@H](O)[C@H](O)C[C@@H]12. The molecule has 2 heterocycles. The molecule has 106 valence electrons. The summed E-state index contributed by atoms with van der Waals surface area (Å²) in [6.07, 6.45) is -3.74. The largest absolute Gasteiger partial charge is 0.394 e. The van der Waals surface area contributed by atoms with Gasteiger partial charge in [0.2, 0.25) is 0 Å². The van der Waals surface area contributed by atoms with E-state index >= 15 is 0 Å². The molecule has 0 aliphatic carbocycles. The van der Waals surface area contributed by atoms with Crippen molar-refractivity contribution in [3.05, 3.63) is 0 Å². The van der Waals surface area contributed by atoms with Crippen LogP contribution in [0.4, 0.5) is 0 Å². The van der Waals surface area contributed by atoms with Crippen molar-refractivity contribution in [2.75, 3.05) is 20.3 Å². The van der Waals surface area contributed by atoms with E-state index in [0.29, 0.717) is 0 Å². The predicted octanol–water partition coefficient (Wildman–Crippen LogP) is -2.59. The fourth-order valence-electron chi connectivity index (χ4n) is 2.75. The van der Waals surface area contributed by atoms with Crippen molar-refractivity contribution >= 4 is 0 Å². The minimum atomic E-state index is -0.899. The maximum absolute atomic E-state index is 10.1. The van der Waals surface area contributed by atoms with Crippen LogP contribution in [-0.2, 0) is 9.47 Å². The molecule has 2 rings (SSSR count). The molecular formula is C11H21NO6. The maximum atomic E-state index is 10.1. The highest BCUT2D eigenvalue weighted by Crippen LogP contribution is 2.32. The van der Waals surface area contributed by atoms with Crippen molar-refractivity contribution in [3.63, 3.8) is 0 Å². The first-order valence-corrected chi connectivity index (χ1v) is 6.15. The Morgan fingerprint density at radius 3 is 2.61 bits per heavy atom. The summed E-state index contributed by atoms with van der Waals surface area (Å²) in [5, 5.41) is 41.7. The summed E-state index contributed by atoms with van der Waals surface area (Å²) in [6.45, 7) is -0.120. The van der Waals surface area contributed by atoms with E-state index in [9.17, 15) is 20.4 Å². The summed E-state index contributed by atoms with van der Waals surface area (Å²) in [6, 6.07) is -0.382. The van der Waals surface area contributed by atoms with Gasteiger partial charge in [0, 0.05) is 25.6 Å². The van der Waals surface area contributed by atoms with Gasteiger partial charge in [0.05, 0.1) is 24.9 Å². The molecule has 7 atom stereocenters. The average molecular weight is 263 g/mol. The maximum Gasteiger partial charge on any atom is 0.162 e. The van der Waals surface area contributed by atoms with Crippen molar-refractivity contribution in [3.8, 4) is 0 Å². The Kier molecular flexibility index (Phi) is 4.54. The molecule has 0 bridgehead atoms. The lowest BCUT2D eigenvalue weighted by Crippen LogP contribution is -2.60. The summed E-state index contributed by atoms with van der Waals surface area (Å²) < 4.78 is 10.7. The zero-order chi connectivity index (χ0) is 13.3. The number of aliphatic hydroxyl groups excluding tert-OH is 4. The van der Waals surface area contributed by atoms with Gasteiger partial charge in [0.15, 0.2) is 6.29 Å². The van der Waals surface area contributed by atoms with Crippen LogP contribution in [0.5, 0.6) is 0 Å². The molecular weight excluding hydrogens is 242 g/mol. The number of aliphatic hydroxyl groups is 4. The lowest BCUT2D eigenvalue weighted by Gasteiger charge is -2.43. The molecule has 2 saturated heterocycles. The van der Waals surface area contributed by atoms with Crippen LogP contribution < -0.4 is 5.32 Å². The van der Waals surface area contributed by atoms with Crippen LogP contribution in [-0.4, -0.2) is 77.4 Å². The van der Waals surface area contributed by atoms with Gasteiger partial charge < -0.3 is 35.2 Å². The first kappa shape index (κ1) is 14.1. The molecule has 0 amide bonds. The molecule has 7 heteroatoms. The van der Waals surface area contributed by atoms with Gasteiger partial charge in [-0.05, 0) is 6.42 Å². The third kappa shape index (κ3) is 2.53. The first-order valence-electron chi connectivity index (χ1n) is 6.15. The average Bonchev–Trinajstić information content (AvgIpc) is 2.51. The number of hydrogen-bond acceptors (Lipinski definition) is 7. The van der Waals surface area contributed by atoms with Gasteiger partial charge in [-0.25, -0.2) is 0 Å². The summed E-state index contributed by atoms with van der Waals surface area (Å²) in [5.41, 5.74) is 0. The highest BCUT2D eigenvalue weighted by molar-refractivity contribution is 4.97. The molecule has 7 nitrogen and oxygen atoms in total. The van der Waals surface area contributed by atoms with E-state index in [1.165, 1.54) is 7.11 Å². The normalized spacial score (nSPS) is 49.5. The summed E-state index contributed by atoms with van der Waals surface area (Å²) in [4.78, 5) is 0. The number of nitrogens with one attached hydrogen (secondary N) is 1. The molecule has 2 fully saturated rings. The van der Waals surface area contributed by atoms with Gasteiger partial charge in [-0.1, -0.05) is 0 Å². The lowest BCUT2D eigenvalue weighted by molar-refractivity contribution is -0.257. The zero-order valence-corrected chi connectivity index (χ0v) is 10.3. The van der Waals surface area contributed by atoms with Gasteiger partial charge in [0.25, 0.3) is 0 Å². The van der Waals surface area contributed by atoms with Crippen molar-refractivity contribution in [2.45, 2.75) is 43.2 Å². The quantitative estimate of drug-likeness (QED) is 0.372. The smallest absolute Gasteiger partial charge is 0.162 e. The number of ether oxygens (including phenoxy) is 2. The first-order chi connectivity index (χ1) is 8.58. The van der Waals surface area contributed by atoms with Gasteiger partial charge in [-0.3, -0.25) is 0 Å². The van der Waals surface area contributed by atoms with Gasteiger partial charge in [-0.2, -0.15) is 0 Å². The van der Waals surface area contributed by atoms with Gasteiger partial charge >= 0.3 is 0 Å². The Morgan fingerprint density at radius 2 is 2.00 bits per heavy atom. The molecule has 0 aromatic rings. The van der Waals surface area contributed by atoms with Crippen LogP contribution in [0.25, 0.3) is 0 Å². The molecule has 0 saturated carbocycles.